The first kappa shape index (κ1) is 15.5. The van der Waals surface area contributed by atoms with Gasteiger partial charge in [-0.15, -0.1) is 11.3 Å². The molecular formula is C16H25NO2S. The maximum absolute atomic E-state index is 10.9. The van der Waals surface area contributed by atoms with Gasteiger partial charge < -0.3 is 10.4 Å². The minimum Gasteiger partial charge on any atom is -0.478 e. The molecule has 0 aliphatic heterocycles. The highest BCUT2D eigenvalue weighted by Crippen LogP contribution is 2.45. The van der Waals surface area contributed by atoms with E-state index in [-0.39, 0.29) is 0 Å². The first-order valence-corrected chi connectivity index (χ1v) is 8.09. The molecule has 0 saturated heterocycles. The average Bonchev–Trinajstić information content (AvgIpc) is 2.70. The molecular weight excluding hydrogens is 270 g/mol. The van der Waals surface area contributed by atoms with E-state index in [2.05, 4.69) is 33.0 Å². The standard InChI is InChI=1S/C16H25NO2S/c1-15(2)6-12(7-16(3,4)10-15)17-8-13-5-11(9-20-13)14(18)19/h5,9,12,17H,6-8,10H2,1-4H3,(H,18,19). The van der Waals surface area contributed by atoms with Gasteiger partial charge >= 0.3 is 5.97 Å². The largest absolute Gasteiger partial charge is 0.478 e. The van der Waals surface area contributed by atoms with Gasteiger partial charge in [-0.1, -0.05) is 27.7 Å². The van der Waals surface area contributed by atoms with E-state index in [0.717, 1.165) is 11.4 Å². The number of nitrogens with one attached hydrogen (secondary N) is 1. The van der Waals surface area contributed by atoms with E-state index < -0.39 is 5.97 Å². The van der Waals surface area contributed by atoms with Crippen LogP contribution in [0.3, 0.4) is 0 Å². The Morgan fingerprint density at radius 1 is 1.35 bits per heavy atom. The van der Waals surface area contributed by atoms with Crippen molar-refractivity contribution in [3.8, 4) is 0 Å². The van der Waals surface area contributed by atoms with Crippen molar-refractivity contribution in [3.05, 3.63) is 21.9 Å². The van der Waals surface area contributed by atoms with Crippen LogP contribution in [-0.4, -0.2) is 17.1 Å². The van der Waals surface area contributed by atoms with Crippen LogP contribution in [0.25, 0.3) is 0 Å². The second kappa shape index (κ2) is 5.49. The van der Waals surface area contributed by atoms with Crippen LogP contribution in [0.15, 0.2) is 11.4 Å². The molecule has 1 aliphatic carbocycles. The molecule has 1 aromatic heterocycles. The summed E-state index contributed by atoms with van der Waals surface area (Å²) in [6.07, 6.45) is 3.64. The van der Waals surface area contributed by atoms with Crippen LogP contribution in [0.4, 0.5) is 0 Å². The molecule has 1 aromatic rings. The van der Waals surface area contributed by atoms with Crippen molar-refractivity contribution in [2.75, 3.05) is 0 Å². The Kier molecular flexibility index (Phi) is 4.26. The smallest absolute Gasteiger partial charge is 0.336 e. The number of carboxylic acid groups (broad SMARTS) is 1. The summed E-state index contributed by atoms with van der Waals surface area (Å²) in [5.41, 5.74) is 1.15. The van der Waals surface area contributed by atoms with Gasteiger partial charge in [0, 0.05) is 22.8 Å². The second-order valence-electron chi connectivity index (χ2n) is 7.60. The Hall–Kier alpha value is -0.870. The Morgan fingerprint density at radius 3 is 2.45 bits per heavy atom. The molecule has 0 aromatic carbocycles. The van der Waals surface area contributed by atoms with Crippen molar-refractivity contribution in [2.24, 2.45) is 10.8 Å². The van der Waals surface area contributed by atoms with E-state index in [1.54, 1.807) is 11.4 Å². The van der Waals surface area contributed by atoms with Gasteiger partial charge in [0.25, 0.3) is 0 Å². The second-order valence-corrected chi connectivity index (χ2v) is 8.59. The van der Waals surface area contributed by atoms with E-state index in [1.807, 2.05) is 0 Å². The monoisotopic (exact) mass is 295 g/mol. The first-order valence-electron chi connectivity index (χ1n) is 7.21. The molecule has 0 unspecified atom stereocenters. The van der Waals surface area contributed by atoms with E-state index >= 15 is 0 Å². The van der Waals surface area contributed by atoms with Gasteiger partial charge in [-0.05, 0) is 36.2 Å². The highest BCUT2D eigenvalue weighted by molar-refractivity contribution is 7.10. The van der Waals surface area contributed by atoms with Crippen LogP contribution in [0, 0.1) is 10.8 Å². The summed E-state index contributed by atoms with van der Waals surface area (Å²) in [7, 11) is 0. The molecule has 112 valence electrons. The SMILES string of the molecule is CC1(C)CC(NCc2cc(C(=O)O)cs2)CC(C)(C)C1. The summed E-state index contributed by atoms with van der Waals surface area (Å²) >= 11 is 1.52. The molecule has 0 atom stereocenters. The maximum atomic E-state index is 10.9. The van der Waals surface area contributed by atoms with Crippen LogP contribution in [0.1, 0.15) is 62.2 Å². The maximum Gasteiger partial charge on any atom is 0.336 e. The third-order valence-electron chi connectivity index (χ3n) is 4.02. The molecule has 1 saturated carbocycles. The number of hydrogen-bond donors (Lipinski definition) is 2. The van der Waals surface area contributed by atoms with Crippen LogP contribution < -0.4 is 5.32 Å². The van der Waals surface area contributed by atoms with Crippen LogP contribution in [0.5, 0.6) is 0 Å². The zero-order valence-electron chi connectivity index (χ0n) is 12.8. The molecule has 2 N–H and O–H groups in total. The van der Waals surface area contributed by atoms with E-state index in [9.17, 15) is 4.79 Å². The van der Waals surface area contributed by atoms with Crippen molar-refractivity contribution < 1.29 is 9.90 Å². The Bertz CT molecular complexity index is 474. The molecule has 1 fully saturated rings. The fourth-order valence-corrected chi connectivity index (χ4v) is 4.63. The molecule has 1 heterocycles. The highest BCUT2D eigenvalue weighted by atomic mass is 32.1. The summed E-state index contributed by atoms with van der Waals surface area (Å²) in [4.78, 5) is 12.0. The molecule has 20 heavy (non-hydrogen) atoms. The fraction of sp³-hybridized carbons (Fsp3) is 0.688. The molecule has 2 rings (SSSR count). The number of rotatable bonds is 4. The number of carbonyl (C=O) groups is 1. The van der Waals surface area contributed by atoms with E-state index in [4.69, 9.17) is 5.11 Å². The fourth-order valence-electron chi connectivity index (χ4n) is 3.82. The predicted molar refractivity (Wildman–Crippen MR) is 83.3 cm³/mol. The van der Waals surface area contributed by atoms with Gasteiger partial charge in [-0.2, -0.15) is 0 Å². The van der Waals surface area contributed by atoms with E-state index in [1.165, 1.54) is 30.6 Å². The summed E-state index contributed by atoms with van der Waals surface area (Å²) in [6.45, 7) is 10.1. The van der Waals surface area contributed by atoms with E-state index in [0.29, 0.717) is 22.4 Å². The third kappa shape index (κ3) is 4.06. The van der Waals surface area contributed by atoms with Crippen molar-refractivity contribution >= 4 is 17.3 Å². The zero-order valence-corrected chi connectivity index (χ0v) is 13.6. The Balaban J connectivity index is 1.94. The minimum atomic E-state index is -0.840. The molecule has 1 aliphatic rings. The lowest BCUT2D eigenvalue weighted by molar-refractivity contribution is 0.0697. The predicted octanol–water partition coefficient (Wildman–Crippen LogP) is 4.14. The number of hydrogen-bond acceptors (Lipinski definition) is 3. The van der Waals surface area contributed by atoms with Crippen LogP contribution in [0.2, 0.25) is 0 Å². The quantitative estimate of drug-likeness (QED) is 0.877. The number of thiophene rings is 1. The summed E-state index contributed by atoms with van der Waals surface area (Å²) in [5.74, 6) is -0.840. The van der Waals surface area contributed by atoms with Gasteiger partial charge in [0.15, 0.2) is 0 Å². The third-order valence-corrected chi connectivity index (χ3v) is 4.96. The zero-order chi connectivity index (χ0) is 15.0. The normalized spacial score (nSPS) is 21.8. The number of carboxylic acids is 1. The highest BCUT2D eigenvalue weighted by Gasteiger charge is 2.38. The summed E-state index contributed by atoms with van der Waals surface area (Å²) < 4.78 is 0. The van der Waals surface area contributed by atoms with Crippen molar-refractivity contribution in [3.63, 3.8) is 0 Å². The molecule has 4 heteroatoms. The van der Waals surface area contributed by atoms with Crippen molar-refractivity contribution in [2.45, 2.75) is 59.5 Å². The lowest BCUT2D eigenvalue weighted by Crippen LogP contribution is -2.43. The van der Waals surface area contributed by atoms with Gasteiger partial charge in [0.1, 0.15) is 0 Å². The van der Waals surface area contributed by atoms with Gasteiger partial charge in [0.05, 0.1) is 5.56 Å². The van der Waals surface area contributed by atoms with Crippen LogP contribution >= 0.6 is 11.3 Å². The van der Waals surface area contributed by atoms with Gasteiger partial charge in [0.2, 0.25) is 0 Å². The molecule has 0 bridgehead atoms. The first-order chi connectivity index (χ1) is 9.17. The lowest BCUT2D eigenvalue weighted by Gasteiger charge is -2.45. The average molecular weight is 295 g/mol. The topological polar surface area (TPSA) is 49.3 Å². The van der Waals surface area contributed by atoms with Gasteiger partial charge in [-0.3, -0.25) is 0 Å². The lowest BCUT2D eigenvalue weighted by atomic mass is 9.63. The van der Waals surface area contributed by atoms with Crippen molar-refractivity contribution in [1.29, 1.82) is 0 Å². The summed E-state index contributed by atoms with van der Waals surface area (Å²) in [6, 6.07) is 2.29. The Morgan fingerprint density at radius 2 is 1.95 bits per heavy atom. The minimum absolute atomic E-state index is 0.376. The van der Waals surface area contributed by atoms with Crippen LogP contribution in [-0.2, 0) is 6.54 Å². The Labute approximate surface area is 125 Å². The van der Waals surface area contributed by atoms with Gasteiger partial charge in [-0.25, -0.2) is 4.79 Å². The molecule has 0 spiro atoms. The summed E-state index contributed by atoms with van der Waals surface area (Å²) in [5, 5.41) is 14.3. The molecule has 0 amide bonds. The van der Waals surface area contributed by atoms with Crippen molar-refractivity contribution in [1.82, 2.24) is 5.32 Å². The number of aromatic carboxylic acids is 1. The molecule has 3 nitrogen and oxygen atoms in total. The molecule has 0 radical (unpaired) electrons.